The van der Waals surface area contributed by atoms with E-state index in [1.54, 1.807) is 89.0 Å². The van der Waals surface area contributed by atoms with E-state index in [0.717, 1.165) is 92.5 Å². The average molecular weight is 1620 g/mol. The van der Waals surface area contributed by atoms with Crippen molar-refractivity contribution in [2.75, 3.05) is 33.9 Å². The van der Waals surface area contributed by atoms with Crippen LogP contribution in [0.5, 0.6) is 11.8 Å². The van der Waals surface area contributed by atoms with Gasteiger partial charge in [-0.3, -0.25) is 28.8 Å². The molecule has 0 aliphatic carbocycles. The Balaban J connectivity index is 0.000000164. The highest BCUT2D eigenvalue weighted by Gasteiger charge is 2.53. The topological polar surface area (TPSA) is 270 Å². The van der Waals surface area contributed by atoms with Crippen LogP contribution in [0.3, 0.4) is 0 Å². The predicted octanol–water partition coefficient (Wildman–Crippen LogP) is 14.3. The second-order valence-electron chi connectivity index (χ2n) is 28.7. The predicted molar refractivity (Wildman–Crippen MR) is 421 cm³/mol. The molecule has 2 aromatic heterocycles. The lowest BCUT2D eigenvalue weighted by atomic mass is 10.0. The van der Waals surface area contributed by atoms with E-state index in [4.69, 9.17) is 63.2 Å². The van der Waals surface area contributed by atoms with Gasteiger partial charge in [0.15, 0.2) is 48.2 Å². The quantitative estimate of drug-likeness (QED) is 0.0474. The number of carbonyl (C=O) groups is 6. The number of benzene rings is 6. The Morgan fingerprint density at radius 1 is 0.464 bits per heavy atom. The molecule has 580 valence electrons. The molecule has 0 bridgehead atoms. The molecule has 13 rings (SSSR count). The standard InChI is InChI=1S/C31H34ClN3O5.C28H30ClN3O5.C25H28BrClN2O4/c1-19(20-13-15-21(16-14-20)24-10-6-12-26(34-24)38-4)33-29(36)27-28(40-31(2,3)39-27)30(37)35-17-7-11-25(35)22-8-5-9-23(32)18-22;1-17(18-11-13-19(14-12-18)22-8-4-10-24(31-22)37-2)30-27(35)25(33)26(34)28(36)32-15-5-9-23(32)20-6-3-7-21(29)16-20;1-15(16-9-11-18(26)12-10-16)28-23(30)21-22(33-25(2,3)32-21)24(31)29-13-5-8-20(29)17-6-4-7-19(27)14-17/h5-6,8-10,12-16,18-19,25,27-28H,7,11,17H2,1-4H3,(H,33,36);3-4,6-8,10-14,16-17,23,25-26,33-34H,5,9,15H2,1-2H3,(H,30,35);4,6-7,9-12,14-15,20-22H,5,8,13H2,1-3H3,(H,28,30)/t19-,25+,27+,28+;17-,23-,25-,26-;15-,20+,21+,22+/m010/s1. The Bertz CT molecular complexity index is 4560. The van der Waals surface area contributed by atoms with Gasteiger partial charge < -0.3 is 69.3 Å². The van der Waals surface area contributed by atoms with Crippen molar-refractivity contribution in [3.05, 3.63) is 235 Å². The highest BCUT2D eigenvalue weighted by molar-refractivity contribution is 9.10. The Kier molecular flexibility index (Phi) is 27.3. The number of methoxy groups -OCH3 is 2. The number of carbonyl (C=O) groups excluding carboxylic acids is 6. The maximum absolute atomic E-state index is 13.8. The van der Waals surface area contributed by atoms with Crippen molar-refractivity contribution >= 4 is 86.2 Å². The maximum atomic E-state index is 13.8. The van der Waals surface area contributed by atoms with E-state index in [2.05, 4.69) is 41.8 Å². The number of nitrogens with zero attached hydrogens (tertiary/aromatic N) is 5. The third-order valence-electron chi connectivity index (χ3n) is 20.0. The molecule has 7 heterocycles. The number of likely N-dealkylation sites (tertiary alicyclic amines) is 3. The van der Waals surface area contributed by atoms with Crippen LogP contribution in [0.1, 0.15) is 157 Å². The first-order valence-electron chi connectivity index (χ1n) is 36.7. The lowest BCUT2D eigenvalue weighted by Crippen LogP contribution is -2.50. The van der Waals surface area contributed by atoms with E-state index < -0.39 is 72.0 Å². The lowest BCUT2D eigenvalue weighted by Gasteiger charge is -2.29. The number of aliphatic hydroxyl groups is 2. The summed E-state index contributed by atoms with van der Waals surface area (Å²) in [6.07, 6.45) is -3.14. The van der Waals surface area contributed by atoms with Gasteiger partial charge in [-0.1, -0.05) is 160 Å². The third-order valence-corrected chi connectivity index (χ3v) is 21.3. The van der Waals surface area contributed by atoms with Gasteiger partial charge in [0.1, 0.15) is 0 Å². The molecule has 5 aliphatic heterocycles. The van der Waals surface area contributed by atoms with Gasteiger partial charge in [-0.25, -0.2) is 9.97 Å². The molecule has 0 spiro atoms. The van der Waals surface area contributed by atoms with Crippen molar-refractivity contribution in [1.82, 2.24) is 40.6 Å². The van der Waals surface area contributed by atoms with Crippen molar-refractivity contribution in [2.24, 2.45) is 0 Å². The summed E-state index contributed by atoms with van der Waals surface area (Å²) in [6.45, 7) is 14.0. The molecule has 6 aromatic carbocycles. The highest BCUT2D eigenvalue weighted by Crippen LogP contribution is 2.41. The number of halogens is 4. The van der Waals surface area contributed by atoms with Crippen molar-refractivity contribution in [2.45, 2.75) is 171 Å². The molecular weight excluding hydrogens is 1530 g/mol. The van der Waals surface area contributed by atoms with Gasteiger partial charge in [-0.15, -0.1) is 0 Å². The SMILES string of the molecule is COc1cccc(-c2ccc([C@@H](C)NC(=O)[C@H](O)[C@@H](O)C(=O)N3CCC[C@@H]3c3cccc(Cl)c3)cc2)n1.COc1cccc(-c2ccc([C@H](C)NC(=O)[C@@H]3OC(C)(C)O[C@H]3C(=O)N3CCC[C@@H]3c3cccc(Cl)c3)cc2)n1.C[C@H](NC(=O)[C@@H]1OC(C)(C)O[C@H]1C(=O)N1CCC[C@@H]1c1cccc(Cl)c1)c1ccc(Br)cc1. The number of hydrogen-bond donors (Lipinski definition) is 5. The van der Waals surface area contributed by atoms with Gasteiger partial charge in [0, 0.05) is 62.4 Å². The van der Waals surface area contributed by atoms with E-state index in [1.807, 2.05) is 166 Å². The summed E-state index contributed by atoms with van der Waals surface area (Å²) in [5.74, 6) is -3.84. The lowest BCUT2D eigenvalue weighted by molar-refractivity contribution is -0.163. The number of ether oxygens (including phenoxy) is 6. The van der Waals surface area contributed by atoms with Crippen LogP contribution in [-0.4, -0.2) is 152 Å². The fourth-order valence-electron chi connectivity index (χ4n) is 14.5. The molecule has 26 heteroatoms. The first-order valence-corrected chi connectivity index (χ1v) is 38.6. The first-order chi connectivity index (χ1) is 52.6. The molecule has 5 saturated heterocycles. The molecule has 6 amide bonds. The Morgan fingerprint density at radius 3 is 1.17 bits per heavy atom. The number of aromatic nitrogens is 2. The molecule has 0 saturated carbocycles. The second-order valence-corrected chi connectivity index (χ2v) is 30.9. The Labute approximate surface area is 664 Å². The maximum Gasteiger partial charge on any atom is 0.255 e. The van der Waals surface area contributed by atoms with Gasteiger partial charge >= 0.3 is 0 Å². The Hall–Kier alpha value is -8.85. The number of nitrogens with one attached hydrogen (secondary N) is 3. The molecule has 5 N–H and O–H groups in total. The van der Waals surface area contributed by atoms with Crippen LogP contribution in [0.4, 0.5) is 0 Å². The summed E-state index contributed by atoms with van der Waals surface area (Å²) in [5.41, 5.74) is 8.80. The number of hydrogen-bond acceptors (Lipinski definition) is 16. The summed E-state index contributed by atoms with van der Waals surface area (Å²) in [6, 6.07) is 54.8. The fourth-order valence-corrected chi connectivity index (χ4v) is 15.3. The van der Waals surface area contributed by atoms with Gasteiger partial charge in [-0.2, -0.15) is 0 Å². The molecule has 0 radical (unpaired) electrons. The molecule has 0 unspecified atom stereocenters. The summed E-state index contributed by atoms with van der Waals surface area (Å²) in [5, 5.41) is 31.6. The molecule has 12 atom stereocenters. The van der Waals surface area contributed by atoms with Gasteiger partial charge in [0.25, 0.3) is 35.4 Å². The van der Waals surface area contributed by atoms with Crippen LogP contribution < -0.4 is 25.4 Å². The minimum atomic E-state index is -1.91. The minimum absolute atomic E-state index is 0.103. The van der Waals surface area contributed by atoms with Crippen LogP contribution in [0, 0.1) is 0 Å². The number of amides is 6. The van der Waals surface area contributed by atoms with Crippen LogP contribution in [0.15, 0.2) is 186 Å². The van der Waals surface area contributed by atoms with Crippen LogP contribution in [-0.2, 0) is 47.7 Å². The molecular formula is C84H92BrCl3N8O14. The molecule has 22 nitrogen and oxygen atoms in total. The normalized spacial score (nSPS) is 21.7. The van der Waals surface area contributed by atoms with Gasteiger partial charge in [0.2, 0.25) is 11.8 Å². The van der Waals surface area contributed by atoms with E-state index in [-0.39, 0.29) is 47.9 Å². The van der Waals surface area contributed by atoms with Gasteiger partial charge in [0.05, 0.1) is 61.9 Å². The molecule has 5 aliphatic rings. The zero-order valence-corrected chi connectivity index (χ0v) is 66.5. The highest BCUT2D eigenvalue weighted by atomic mass is 79.9. The largest absolute Gasteiger partial charge is 0.481 e. The zero-order chi connectivity index (χ0) is 78.7. The fraction of sp³-hybridized carbons (Fsp3) is 0.381. The van der Waals surface area contributed by atoms with Gasteiger partial charge in [-0.05, 0) is 181 Å². The zero-order valence-electron chi connectivity index (χ0n) is 62.7. The summed E-state index contributed by atoms with van der Waals surface area (Å²) < 4.78 is 35.2. The van der Waals surface area contributed by atoms with Crippen molar-refractivity contribution in [3.8, 4) is 34.3 Å². The summed E-state index contributed by atoms with van der Waals surface area (Å²) in [4.78, 5) is 93.8. The van der Waals surface area contributed by atoms with E-state index in [0.29, 0.717) is 52.9 Å². The summed E-state index contributed by atoms with van der Waals surface area (Å²) in [7, 11) is 3.14. The van der Waals surface area contributed by atoms with E-state index in [1.165, 1.54) is 4.90 Å². The molecule has 8 aromatic rings. The number of rotatable bonds is 20. The van der Waals surface area contributed by atoms with E-state index in [9.17, 15) is 39.0 Å². The summed E-state index contributed by atoms with van der Waals surface area (Å²) >= 11 is 21.9. The third kappa shape index (κ3) is 20.3. The Morgan fingerprint density at radius 2 is 0.800 bits per heavy atom. The number of aliphatic hydroxyl groups excluding tert-OH is 2. The van der Waals surface area contributed by atoms with E-state index >= 15 is 0 Å². The average Bonchev–Trinajstić information content (AvgIpc) is 1.63. The van der Waals surface area contributed by atoms with Crippen molar-refractivity contribution < 1.29 is 67.4 Å². The van der Waals surface area contributed by atoms with Crippen LogP contribution in [0.2, 0.25) is 15.1 Å². The van der Waals surface area contributed by atoms with Crippen LogP contribution >= 0.6 is 50.7 Å². The number of pyridine rings is 2. The second kappa shape index (κ2) is 36.5. The van der Waals surface area contributed by atoms with Crippen molar-refractivity contribution in [3.63, 3.8) is 0 Å². The first kappa shape index (κ1) is 82.1. The molecule has 110 heavy (non-hydrogen) atoms. The van der Waals surface area contributed by atoms with Crippen molar-refractivity contribution in [1.29, 1.82) is 0 Å². The van der Waals surface area contributed by atoms with Crippen LogP contribution in [0.25, 0.3) is 22.5 Å². The smallest absolute Gasteiger partial charge is 0.255 e. The monoisotopic (exact) mass is 1620 g/mol. The minimum Gasteiger partial charge on any atom is -0.481 e. The molecule has 5 fully saturated rings.